The van der Waals surface area contributed by atoms with Gasteiger partial charge in [0.05, 0.1) is 11.3 Å². The van der Waals surface area contributed by atoms with Crippen LogP contribution in [0.3, 0.4) is 0 Å². The van der Waals surface area contributed by atoms with Crippen LogP contribution in [0.1, 0.15) is 11.3 Å². The second-order valence-corrected chi connectivity index (χ2v) is 6.08. The van der Waals surface area contributed by atoms with E-state index in [0.717, 1.165) is 25.9 Å². The number of halogens is 2. The zero-order valence-electron chi connectivity index (χ0n) is 10.1. The fraction of sp³-hybridized carbons (Fsp3) is 0.0769. The van der Waals surface area contributed by atoms with E-state index in [2.05, 4.69) is 42.2 Å². The Balaban J connectivity index is 2.49. The zero-order chi connectivity index (χ0) is 14.0. The molecule has 0 aliphatic rings. The van der Waals surface area contributed by atoms with Gasteiger partial charge in [-0.15, -0.1) is 0 Å². The number of thiocarbonyl (C=S) groups is 1. The van der Waals surface area contributed by atoms with E-state index in [1.165, 1.54) is 0 Å². The Labute approximate surface area is 133 Å². The first-order valence-corrected chi connectivity index (χ1v) is 7.47. The van der Waals surface area contributed by atoms with Crippen molar-refractivity contribution in [3.05, 3.63) is 50.5 Å². The number of pyridine rings is 1. The van der Waals surface area contributed by atoms with Crippen LogP contribution in [0, 0.1) is 6.92 Å². The summed E-state index contributed by atoms with van der Waals surface area (Å²) in [5.41, 5.74) is 8.23. The molecule has 19 heavy (non-hydrogen) atoms. The standard InChI is InChI=1S/C13H11Br2N3S/c1-7-5-6-8(12(16)19)13(17-7)18-11-9(14)3-2-4-10(11)15/h2-6H,1H3,(H2,16,19)(H,17,18). The topological polar surface area (TPSA) is 50.9 Å². The van der Waals surface area contributed by atoms with E-state index in [9.17, 15) is 0 Å². The molecular formula is C13H11Br2N3S. The molecule has 6 heteroatoms. The van der Waals surface area contributed by atoms with Crippen molar-refractivity contribution in [1.82, 2.24) is 4.98 Å². The van der Waals surface area contributed by atoms with Crippen molar-refractivity contribution in [1.29, 1.82) is 0 Å². The lowest BCUT2D eigenvalue weighted by Gasteiger charge is -2.13. The molecule has 3 nitrogen and oxygen atoms in total. The Kier molecular flexibility index (Phi) is 4.54. The van der Waals surface area contributed by atoms with E-state index in [4.69, 9.17) is 18.0 Å². The molecule has 1 aromatic heterocycles. The van der Waals surface area contributed by atoms with Crippen LogP contribution >= 0.6 is 44.1 Å². The van der Waals surface area contributed by atoms with Crippen molar-refractivity contribution in [2.75, 3.05) is 5.32 Å². The minimum Gasteiger partial charge on any atom is -0.389 e. The number of benzene rings is 1. The first kappa shape index (κ1) is 14.4. The summed E-state index contributed by atoms with van der Waals surface area (Å²) in [5, 5.41) is 3.26. The molecule has 0 aliphatic heterocycles. The summed E-state index contributed by atoms with van der Waals surface area (Å²) >= 11 is 12.0. The Hall–Kier alpha value is -0.980. The van der Waals surface area contributed by atoms with Crippen molar-refractivity contribution in [3.8, 4) is 0 Å². The van der Waals surface area contributed by atoms with Crippen LogP contribution in [-0.4, -0.2) is 9.97 Å². The molecule has 98 valence electrons. The van der Waals surface area contributed by atoms with Crippen molar-refractivity contribution in [2.24, 2.45) is 5.73 Å². The molecule has 0 unspecified atom stereocenters. The van der Waals surface area contributed by atoms with Crippen LogP contribution in [0.15, 0.2) is 39.3 Å². The quantitative estimate of drug-likeness (QED) is 0.754. The molecule has 1 heterocycles. The van der Waals surface area contributed by atoms with Gasteiger partial charge in [0.25, 0.3) is 0 Å². The fourth-order valence-corrected chi connectivity index (χ4v) is 2.95. The van der Waals surface area contributed by atoms with Crippen molar-refractivity contribution in [2.45, 2.75) is 6.92 Å². The highest BCUT2D eigenvalue weighted by Crippen LogP contribution is 2.33. The molecule has 0 radical (unpaired) electrons. The van der Waals surface area contributed by atoms with Gasteiger partial charge < -0.3 is 11.1 Å². The Morgan fingerprint density at radius 3 is 2.42 bits per heavy atom. The van der Waals surface area contributed by atoms with Crippen LogP contribution in [0.2, 0.25) is 0 Å². The first-order valence-electron chi connectivity index (χ1n) is 5.47. The van der Waals surface area contributed by atoms with Gasteiger partial charge in [0.1, 0.15) is 10.8 Å². The van der Waals surface area contributed by atoms with Gasteiger partial charge in [-0.05, 0) is 63.0 Å². The summed E-state index contributed by atoms with van der Waals surface area (Å²) in [6.45, 7) is 1.92. The summed E-state index contributed by atoms with van der Waals surface area (Å²) < 4.78 is 1.86. The van der Waals surface area contributed by atoms with Crippen molar-refractivity contribution >= 4 is 60.6 Å². The van der Waals surface area contributed by atoms with Gasteiger partial charge in [0.2, 0.25) is 0 Å². The SMILES string of the molecule is Cc1ccc(C(N)=S)c(Nc2c(Br)cccc2Br)n1. The normalized spacial score (nSPS) is 10.3. The lowest BCUT2D eigenvalue weighted by molar-refractivity contribution is 1.19. The smallest absolute Gasteiger partial charge is 0.140 e. The largest absolute Gasteiger partial charge is 0.389 e. The van der Waals surface area contributed by atoms with E-state index < -0.39 is 0 Å². The number of para-hydroxylation sites is 1. The molecule has 2 rings (SSSR count). The summed E-state index contributed by atoms with van der Waals surface area (Å²) in [6, 6.07) is 9.59. The molecular weight excluding hydrogens is 390 g/mol. The minimum atomic E-state index is 0.318. The number of nitrogens with one attached hydrogen (secondary N) is 1. The number of aryl methyl sites for hydroxylation is 1. The second-order valence-electron chi connectivity index (χ2n) is 3.93. The molecule has 3 N–H and O–H groups in total. The van der Waals surface area contributed by atoms with Crippen LogP contribution in [0.5, 0.6) is 0 Å². The average molecular weight is 401 g/mol. The summed E-state index contributed by atoms with van der Waals surface area (Å²) in [7, 11) is 0. The van der Waals surface area contributed by atoms with Gasteiger partial charge in [0.15, 0.2) is 0 Å². The molecule has 0 amide bonds. The minimum absolute atomic E-state index is 0.318. The highest BCUT2D eigenvalue weighted by atomic mass is 79.9. The van der Waals surface area contributed by atoms with E-state index in [1.807, 2.05) is 37.3 Å². The molecule has 0 saturated carbocycles. The number of aromatic nitrogens is 1. The van der Waals surface area contributed by atoms with Crippen molar-refractivity contribution in [3.63, 3.8) is 0 Å². The van der Waals surface area contributed by atoms with Gasteiger partial charge in [-0.2, -0.15) is 0 Å². The fourth-order valence-electron chi connectivity index (χ4n) is 1.59. The predicted octanol–water partition coefficient (Wildman–Crippen LogP) is 4.29. The highest BCUT2D eigenvalue weighted by molar-refractivity contribution is 9.11. The number of hydrogen-bond acceptors (Lipinski definition) is 3. The predicted molar refractivity (Wildman–Crippen MR) is 90.0 cm³/mol. The maximum absolute atomic E-state index is 5.72. The lowest BCUT2D eigenvalue weighted by Crippen LogP contribution is -2.13. The maximum atomic E-state index is 5.72. The van der Waals surface area contributed by atoms with E-state index in [-0.39, 0.29) is 0 Å². The number of nitrogens with two attached hydrogens (primary N) is 1. The molecule has 0 spiro atoms. The van der Waals surface area contributed by atoms with E-state index in [0.29, 0.717) is 10.8 Å². The number of nitrogens with zero attached hydrogens (tertiary/aromatic N) is 1. The van der Waals surface area contributed by atoms with Crippen LogP contribution in [0.25, 0.3) is 0 Å². The highest BCUT2D eigenvalue weighted by Gasteiger charge is 2.11. The Morgan fingerprint density at radius 2 is 1.84 bits per heavy atom. The zero-order valence-corrected chi connectivity index (χ0v) is 14.1. The molecule has 0 atom stereocenters. The van der Waals surface area contributed by atoms with Crippen LogP contribution in [-0.2, 0) is 0 Å². The second kappa shape index (κ2) is 5.98. The molecule has 0 fully saturated rings. The lowest BCUT2D eigenvalue weighted by atomic mass is 10.2. The molecule has 0 aliphatic carbocycles. The third kappa shape index (κ3) is 3.32. The third-order valence-corrected chi connectivity index (χ3v) is 4.05. The van der Waals surface area contributed by atoms with Gasteiger partial charge >= 0.3 is 0 Å². The van der Waals surface area contributed by atoms with Crippen molar-refractivity contribution < 1.29 is 0 Å². The third-order valence-electron chi connectivity index (χ3n) is 2.51. The average Bonchev–Trinajstić information content (AvgIpc) is 2.33. The van der Waals surface area contributed by atoms with Gasteiger partial charge in [-0.25, -0.2) is 4.98 Å². The molecule has 0 bridgehead atoms. The van der Waals surface area contributed by atoms with Crippen LogP contribution < -0.4 is 11.1 Å². The maximum Gasteiger partial charge on any atom is 0.140 e. The van der Waals surface area contributed by atoms with Gasteiger partial charge in [0, 0.05) is 14.6 Å². The van der Waals surface area contributed by atoms with Gasteiger partial charge in [-0.3, -0.25) is 0 Å². The molecule has 2 aromatic rings. The first-order chi connectivity index (χ1) is 8.99. The number of rotatable bonds is 3. The molecule has 1 aromatic carbocycles. The number of hydrogen-bond donors (Lipinski definition) is 2. The van der Waals surface area contributed by atoms with E-state index >= 15 is 0 Å². The monoisotopic (exact) mass is 399 g/mol. The van der Waals surface area contributed by atoms with E-state index in [1.54, 1.807) is 0 Å². The summed E-state index contributed by atoms with van der Waals surface area (Å²) in [4.78, 5) is 4.77. The molecule has 0 saturated heterocycles. The number of anilines is 2. The Morgan fingerprint density at radius 1 is 1.21 bits per heavy atom. The van der Waals surface area contributed by atoms with Gasteiger partial charge in [-0.1, -0.05) is 18.3 Å². The summed E-state index contributed by atoms with van der Waals surface area (Å²) in [5.74, 6) is 0.653. The summed E-state index contributed by atoms with van der Waals surface area (Å²) in [6.07, 6.45) is 0. The Bertz CT molecular complexity index is 624. The van der Waals surface area contributed by atoms with Crippen LogP contribution in [0.4, 0.5) is 11.5 Å².